The van der Waals surface area contributed by atoms with Gasteiger partial charge in [0, 0.05) is 16.7 Å². The summed E-state index contributed by atoms with van der Waals surface area (Å²) in [5, 5.41) is 6.15. The number of benzene rings is 1. The van der Waals surface area contributed by atoms with Crippen LogP contribution >= 0.6 is 22.6 Å². The molecule has 18 heavy (non-hydrogen) atoms. The van der Waals surface area contributed by atoms with Crippen molar-refractivity contribution < 1.29 is 4.79 Å². The molecule has 4 heteroatoms. The fourth-order valence-electron chi connectivity index (χ4n) is 1.42. The highest BCUT2D eigenvalue weighted by molar-refractivity contribution is 14.1. The molecule has 0 aliphatic carbocycles. The quantitative estimate of drug-likeness (QED) is 0.766. The monoisotopic (exact) mass is 360 g/mol. The van der Waals surface area contributed by atoms with Crippen molar-refractivity contribution in [3.63, 3.8) is 0 Å². The molecule has 1 atom stereocenters. The fourth-order valence-corrected chi connectivity index (χ4v) is 1.78. The summed E-state index contributed by atoms with van der Waals surface area (Å²) in [5.41, 5.74) is 1.19. The molecule has 1 aromatic carbocycles. The lowest BCUT2D eigenvalue weighted by molar-refractivity contribution is -0.122. The third-order valence-electron chi connectivity index (χ3n) is 2.60. The van der Waals surface area contributed by atoms with Crippen molar-refractivity contribution in [3.8, 4) is 0 Å². The Morgan fingerprint density at radius 1 is 1.22 bits per heavy atom. The Labute approximate surface area is 123 Å². The maximum absolute atomic E-state index is 11.7. The Morgan fingerprint density at radius 3 is 2.39 bits per heavy atom. The molecule has 1 amide bonds. The van der Waals surface area contributed by atoms with Crippen LogP contribution in [0.15, 0.2) is 24.3 Å². The van der Waals surface area contributed by atoms with Crippen molar-refractivity contribution in [1.82, 2.24) is 10.6 Å². The minimum absolute atomic E-state index is 0.0641. The first-order valence-electron chi connectivity index (χ1n) is 6.24. The SMILES string of the molecule is CC(C)CNC(=O)C(C)NCc1ccc(I)cc1. The summed E-state index contributed by atoms with van der Waals surface area (Å²) in [6, 6.07) is 8.13. The van der Waals surface area contributed by atoms with Crippen LogP contribution in [0, 0.1) is 9.49 Å². The lowest BCUT2D eigenvalue weighted by Gasteiger charge is -2.15. The maximum atomic E-state index is 11.7. The van der Waals surface area contributed by atoms with Crippen molar-refractivity contribution in [2.24, 2.45) is 5.92 Å². The van der Waals surface area contributed by atoms with Gasteiger partial charge in [-0.05, 0) is 53.1 Å². The van der Waals surface area contributed by atoms with Gasteiger partial charge in [0.1, 0.15) is 0 Å². The van der Waals surface area contributed by atoms with Crippen LogP contribution in [0.3, 0.4) is 0 Å². The molecule has 0 aromatic heterocycles. The number of hydrogen-bond donors (Lipinski definition) is 2. The number of halogens is 1. The summed E-state index contributed by atoms with van der Waals surface area (Å²) in [7, 11) is 0. The Kier molecular flexibility index (Phi) is 6.63. The zero-order valence-corrected chi connectivity index (χ0v) is 13.3. The summed E-state index contributed by atoms with van der Waals surface area (Å²) in [6.07, 6.45) is 0. The highest BCUT2D eigenvalue weighted by Gasteiger charge is 2.11. The molecule has 100 valence electrons. The molecule has 0 aliphatic rings. The van der Waals surface area contributed by atoms with E-state index in [9.17, 15) is 4.79 Å². The van der Waals surface area contributed by atoms with Gasteiger partial charge in [-0.2, -0.15) is 0 Å². The van der Waals surface area contributed by atoms with Gasteiger partial charge < -0.3 is 10.6 Å². The molecular formula is C14H21IN2O. The number of nitrogens with one attached hydrogen (secondary N) is 2. The first kappa shape index (κ1) is 15.4. The molecule has 0 bridgehead atoms. The van der Waals surface area contributed by atoms with Crippen LogP contribution in [0.2, 0.25) is 0 Å². The van der Waals surface area contributed by atoms with E-state index in [1.807, 2.05) is 6.92 Å². The minimum atomic E-state index is -0.164. The van der Waals surface area contributed by atoms with E-state index in [1.165, 1.54) is 9.13 Å². The summed E-state index contributed by atoms with van der Waals surface area (Å²) >= 11 is 2.28. The Morgan fingerprint density at radius 2 is 1.83 bits per heavy atom. The standard InChI is InChI=1S/C14H21IN2O/c1-10(2)8-17-14(18)11(3)16-9-12-4-6-13(15)7-5-12/h4-7,10-11,16H,8-9H2,1-3H3,(H,17,18). The van der Waals surface area contributed by atoms with E-state index in [2.05, 4.69) is 71.3 Å². The van der Waals surface area contributed by atoms with E-state index in [4.69, 9.17) is 0 Å². The molecule has 0 spiro atoms. The zero-order chi connectivity index (χ0) is 13.5. The van der Waals surface area contributed by atoms with Gasteiger partial charge in [0.05, 0.1) is 6.04 Å². The number of carbonyl (C=O) groups excluding carboxylic acids is 1. The molecule has 3 nitrogen and oxygen atoms in total. The highest BCUT2D eigenvalue weighted by Crippen LogP contribution is 2.06. The molecule has 2 N–H and O–H groups in total. The van der Waals surface area contributed by atoms with Gasteiger partial charge in [0.15, 0.2) is 0 Å². The summed E-state index contributed by atoms with van der Waals surface area (Å²) in [6.45, 7) is 7.51. The van der Waals surface area contributed by atoms with Gasteiger partial charge in [-0.15, -0.1) is 0 Å². The minimum Gasteiger partial charge on any atom is -0.354 e. The third-order valence-corrected chi connectivity index (χ3v) is 3.32. The van der Waals surface area contributed by atoms with Gasteiger partial charge >= 0.3 is 0 Å². The van der Waals surface area contributed by atoms with Gasteiger partial charge in [0.25, 0.3) is 0 Å². The van der Waals surface area contributed by atoms with Crippen LogP contribution in [0.5, 0.6) is 0 Å². The van der Waals surface area contributed by atoms with Crippen LogP contribution in [0.4, 0.5) is 0 Å². The van der Waals surface area contributed by atoms with E-state index in [-0.39, 0.29) is 11.9 Å². The van der Waals surface area contributed by atoms with E-state index in [1.54, 1.807) is 0 Å². The van der Waals surface area contributed by atoms with Crippen molar-refractivity contribution >= 4 is 28.5 Å². The lowest BCUT2D eigenvalue weighted by atomic mass is 10.2. The number of hydrogen-bond acceptors (Lipinski definition) is 2. The Hall–Kier alpha value is -0.620. The smallest absolute Gasteiger partial charge is 0.236 e. The van der Waals surface area contributed by atoms with E-state index in [0.717, 1.165) is 6.54 Å². The molecule has 0 fully saturated rings. The van der Waals surface area contributed by atoms with E-state index >= 15 is 0 Å². The van der Waals surface area contributed by atoms with Gasteiger partial charge in [-0.3, -0.25) is 4.79 Å². The van der Waals surface area contributed by atoms with Crippen molar-refractivity contribution in [2.45, 2.75) is 33.4 Å². The molecule has 0 saturated heterocycles. The highest BCUT2D eigenvalue weighted by atomic mass is 127. The number of carbonyl (C=O) groups is 1. The average molecular weight is 360 g/mol. The molecule has 1 unspecified atom stereocenters. The largest absolute Gasteiger partial charge is 0.354 e. The zero-order valence-electron chi connectivity index (χ0n) is 11.2. The van der Waals surface area contributed by atoms with Crippen molar-refractivity contribution in [1.29, 1.82) is 0 Å². The molecule has 0 radical (unpaired) electrons. The predicted octanol–water partition coefficient (Wildman–Crippen LogP) is 2.54. The van der Waals surface area contributed by atoms with Gasteiger partial charge in [0.2, 0.25) is 5.91 Å². The summed E-state index contributed by atoms with van der Waals surface area (Å²) < 4.78 is 1.22. The average Bonchev–Trinajstić information content (AvgIpc) is 2.34. The molecular weight excluding hydrogens is 339 g/mol. The molecule has 0 aliphatic heterocycles. The second-order valence-electron chi connectivity index (χ2n) is 4.87. The number of rotatable bonds is 6. The van der Waals surface area contributed by atoms with E-state index in [0.29, 0.717) is 12.5 Å². The fraction of sp³-hybridized carbons (Fsp3) is 0.500. The van der Waals surface area contributed by atoms with Crippen LogP contribution in [-0.2, 0) is 11.3 Å². The Balaban J connectivity index is 2.34. The van der Waals surface area contributed by atoms with Crippen molar-refractivity contribution in [2.75, 3.05) is 6.54 Å². The molecule has 1 rings (SSSR count). The summed E-state index contributed by atoms with van der Waals surface area (Å²) in [5.74, 6) is 0.548. The predicted molar refractivity (Wildman–Crippen MR) is 83.3 cm³/mol. The van der Waals surface area contributed by atoms with E-state index < -0.39 is 0 Å². The third kappa shape index (κ3) is 5.82. The molecule has 0 saturated carbocycles. The number of amides is 1. The Bertz CT molecular complexity index is 376. The molecule has 0 heterocycles. The van der Waals surface area contributed by atoms with Gasteiger partial charge in [-0.25, -0.2) is 0 Å². The van der Waals surface area contributed by atoms with Gasteiger partial charge in [-0.1, -0.05) is 26.0 Å². The summed E-state index contributed by atoms with van der Waals surface area (Å²) in [4.78, 5) is 11.7. The maximum Gasteiger partial charge on any atom is 0.236 e. The van der Waals surface area contributed by atoms with Crippen molar-refractivity contribution in [3.05, 3.63) is 33.4 Å². The van der Waals surface area contributed by atoms with Crippen LogP contribution in [-0.4, -0.2) is 18.5 Å². The van der Waals surface area contributed by atoms with Crippen LogP contribution in [0.25, 0.3) is 0 Å². The van der Waals surface area contributed by atoms with Crippen LogP contribution in [0.1, 0.15) is 26.3 Å². The second kappa shape index (κ2) is 7.74. The second-order valence-corrected chi connectivity index (χ2v) is 6.11. The van der Waals surface area contributed by atoms with Crippen LogP contribution < -0.4 is 10.6 Å². The first-order chi connectivity index (χ1) is 8.49. The normalized spacial score (nSPS) is 12.5. The topological polar surface area (TPSA) is 41.1 Å². The lowest BCUT2D eigenvalue weighted by Crippen LogP contribution is -2.42. The molecule has 1 aromatic rings. The first-order valence-corrected chi connectivity index (χ1v) is 7.32.